The normalized spacial score (nSPS) is 17.5. The summed E-state index contributed by atoms with van der Waals surface area (Å²) in [6.07, 6.45) is 4.02. The maximum absolute atomic E-state index is 11.8. The maximum atomic E-state index is 11.8. The largest absolute Gasteiger partial charge is 0.367 e. The second-order valence-electron chi connectivity index (χ2n) is 5.02. The van der Waals surface area contributed by atoms with Crippen LogP contribution in [0.15, 0.2) is 0 Å². The summed E-state index contributed by atoms with van der Waals surface area (Å²) < 4.78 is 0. The summed E-state index contributed by atoms with van der Waals surface area (Å²) in [5, 5.41) is 9.33. The molecule has 19 heavy (non-hydrogen) atoms. The second kappa shape index (κ2) is 6.51. The monoisotopic (exact) mass is 266 g/mol. The van der Waals surface area contributed by atoms with Crippen molar-refractivity contribution < 1.29 is 4.79 Å². The number of aromatic nitrogens is 3. The molecule has 0 saturated carbocycles. The Labute approximate surface area is 113 Å². The smallest absolute Gasteiger partial charge is 0.239 e. The van der Waals surface area contributed by atoms with E-state index in [1.807, 2.05) is 6.92 Å². The van der Waals surface area contributed by atoms with Crippen LogP contribution in [0.4, 0.5) is 5.95 Å². The molecule has 1 amide bonds. The first-order chi connectivity index (χ1) is 9.15. The number of nitrogens with two attached hydrogens (primary N) is 1. The quantitative estimate of drug-likeness (QED) is 0.693. The number of H-pyrrole nitrogens is 1. The summed E-state index contributed by atoms with van der Waals surface area (Å²) in [7, 11) is 0. The van der Waals surface area contributed by atoms with Crippen molar-refractivity contribution in [1.29, 1.82) is 0 Å². The van der Waals surface area contributed by atoms with Gasteiger partial charge in [0.05, 0.1) is 6.04 Å². The van der Waals surface area contributed by atoms with Gasteiger partial charge in [-0.2, -0.15) is 4.98 Å². The van der Waals surface area contributed by atoms with Gasteiger partial charge < -0.3 is 16.0 Å². The molecule has 0 unspecified atom stereocenters. The molecule has 0 bridgehead atoms. The second-order valence-corrected chi connectivity index (χ2v) is 5.02. The Morgan fingerprint density at radius 1 is 1.53 bits per heavy atom. The highest BCUT2D eigenvalue weighted by Crippen LogP contribution is 2.10. The molecule has 1 aromatic heterocycles. The number of hydrogen-bond acceptors (Lipinski definition) is 5. The van der Waals surface area contributed by atoms with Crippen LogP contribution in [-0.2, 0) is 4.79 Å². The van der Waals surface area contributed by atoms with Crippen LogP contribution in [0.2, 0.25) is 0 Å². The number of nitrogen functional groups attached to an aromatic ring is 1. The minimum Gasteiger partial charge on any atom is -0.367 e. The Hall–Kier alpha value is -1.63. The lowest BCUT2D eigenvalue weighted by Crippen LogP contribution is -2.28. The molecule has 7 nitrogen and oxygen atoms in total. The predicted octanol–water partition coefficient (Wildman–Crippen LogP) is 0.440. The third kappa shape index (κ3) is 4.20. The molecule has 2 heterocycles. The number of nitrogens with one attached hydrogen (secondary N) is 2. The van der Waals surface area contributed by atoms with Gasteiger partial charge in [0.2, 0.25) is 11.9 Å². The van der Waals surface area contributed by atoms with Crippen LogP contribution in [0.5, 0.6) is 0 Å². The molecule has 0 aliphatic carbocycles. The molecule has 1 saturated heterocycles. The number of likely N-dealkylation sites (tertiary alicyclic amines) is 1. The lowest BCUT2D eigenvalue weighted by atomic mass is 10.2. The van der Waals surface area contributed by atoms with Crippen molar-refractivity contribution in [2.75, 3.05) is 25.4 Å². The number of nitrogens with zero attached hydrogens (tertiary/aromatic N) is 3. The van der Waals surface area contributed by atoms with Crippen LogP contribution in [0.25, 0.3) is 0 Å². The van der Waals surface area contributed by atoms with Gasteiger partial charge in [-0.25, -0.2) is 0 Å². The highest BCUT2D eigenvalue weighted by atomic mass is 16.1. The van der Waals surface area contributed by atoms with Crippen molar-refractivity contribution in [3.63, 3.8) is 0 Å². The summed E-state index contributed by atoms with van der Waals surface area (Å²) in [4.78, 5) is 18.2. The van der Waals surface area contributed by atoms with Gasteiger partial charge >= 0.3 is 0 Å². The lowest BCUT2D eigenvalue weighted by molar-refractivity contribution is -0.121. The maximum Gasteiger partial charge on any atom is 0.239 e. The summed E-state index contributed by atoms with van der Waals surface area (Å²) in [5.41, 5.74) is 5.43. The van der Waals surface area contributed by atoms with Crippen molar-refractivity contribution in [3.05, 3.63) is 5.82 Å². The molecule has 1 atom stereocenters. The molecule has 2 rings (SSSR count). The molecule has 1 aliphatic rings. The highest BCUT2D eigenvalue weighted by Gasteiger charge is 2.14. The van der Waals surface area contributed by atoms with Gasteiger partial charge in [0.15, 0.2) is 0 Å². The fourth-order valence-corrected chi connectivity index (χ4v) is 2.33. The van der Waals surface area contributed by atoms with Crippen LogP contribution in [0, 0.1) is 0 Å². The zero-order valence-electron chi connectivity index (χ0n) is 11.4. The van der Waals surface area contributed by atoms with Crippen molar-refractivity contribution in [3.8, 4) is 0 Å². The van der Waals surface area contributed by atoms with Crippen LogP contribution in [-0.4, -0.2) is 45.6 Å². The van der Waals surface area contributed by atoms with Gasteiger partial charge in [-0.3, -0.25) is 9.89 Å². The Bertz CT molecular complexity index is 412. The van der Waals surface area contributed by atoms with E-state index in [1.54, 1.807) is 0 Å². The van der Waals surface area contributed by atoms with Gasteiger partial charge in [0.25, 0.3) is 0 Å². The number of carbonyl (C=O) groups is 1. The number of amides is 1. The van der Waals surface area contributed by atoms with Gasteiger partial charge in [0.1, 0.15) is 5.82 Å². The third-order valence-electron chi connectivity index (χ3n) is 3.38. The first-order valence-electron chi connectivity index (χ1n) is 6.84. The van der Waals surface area contributed by atoms with Crippen molar-refractivity contribution in [2.24, 2.45) is 0 Å². The zero-order valence-corrected chi connectivity index (χ0v) is 11.4. The molecular weight excluding hydrogens is 244 g/mol. The van der Waals surface area contributed by atoms with E-state index in [-0.39, 0.29) is 17.9 Å². The average Bonchev–Trinajstić information content (AvgIpc) is 3.00. The third-order valence-corrected chi connectivity index (χ3v) is 3.38. The molecule has 7 heteroatoms. The van der Waals surface area contributed by atoms with E-state index in [9.17, 15) is 4.79 Å². The van der Waals surface area contributed by atoms with Crippen LogP contribution in [0.1, 0.15) is 44.5 Å². The van der Waals surface area contributed by atoms with Crippen molar-refractivity contribution in [1.82, 2.24) is 25.4 Å². The first kappa shape index (κ1) is 13.8. The number of aromatic amines is 1. The van der Waals surface area contributed by atoms with Gasteiger partial charge in [-0.15, -0.1) is 5.10 Å². The molecular formula is C12H22N6O. The minimum atomic E-state index is -0.191. The molecule has 0 aromatic carbocycles. The first-order valence-corrected chi connectivity index (χ1v) is 6.84. The van der Waals surface area contributed by atoms with Gasteiger partial charge in [-0.1, -0.05) is 0 Å². The minimum absolute atomic E-state index is 0.0432. The van der Waals surface area contributed by atoms with Crippen molar-refractivity contribution >= 4 is 11.9 Å². The van der Waals surface area contributed by atoms with E-state index in [4.69, 9.17) is 5.73 Å². The van der Waals surface area contributed by atoms with Crippen LogP contribution in [0.3, 0.4) is 0 Å². The zero-order chi connectivity index (χ0) is 13.7. The number of rotatable bonds is 6. The van der Waals surface area contributed by atoms with Gasteiger partial charge in [0, 0.05) is 6.42 Å². The summed E-state index contributed by atoms with van der Waals surface area (Å²) in [6.45, 7) is 5.22. The molecule has 1 aromatic rings. The SMILES string of the molecule is C[C@H](NC(=O)CCCN1CCCC1)c1nc(N)n[nH]1. The summed E-state index contributed by atoms with van der Waals surface area (Å²) in [5.74, 6) is 0.831. The number of hydrogen-bond donors (Lipinski definition) is 3. The Balaban J connectivity index is 1.66. The predicted molar refractivity (Wildman–Crippen MR) is 72.3 cm³/mol. The fraction of sp³-hybridized carbons (Fsp3) is 0.750. The molecule has 106 valence electrons. The lowest BCUT2D eigenvalue weighted by Gasteiger charge is -2.15. The van der Waals surface area contributed by atoms with Crippen LogP contribution < -0.4 is 11.1 Å². The Kier molecular flexibility index (Phi) is 4.73. The van der Waals surface area contributed by atoms with Crippen molar-refractivity contribution in [2.45, 2.75) is 38.6 Å². The number of carbonyl (C=O) groups excluding carboxylic acids is 1. The highest BCUT2D eigenvalue weighted by molar-refractivity contribution is 5.76. The topological polar surface area (TPSA) is 99.9 Å². The number of anilines is 1. The Morgan fingerprint density at radius 2 is 2.26 bits per heavy atom. The van der Waals surface area contributed by atoms with E-state index in [0.29, 0.717) is 12.2 Å². The van der Waals surface area contributed by atoms with Gasteiger partial charge in [-0.05, 0) is 45.8 Å². The standard InChI is InChI=1S/C12H22N6O/c1-9(11-15-12(13)17-16-11)14-10(19)5-4-8-18-6-2-3-7-18/h9H,2-8H2,1H3,(H,14,19)(H3,13,15,16,17)/t9-/m0/s1. The molecule has 1 fully saturated rings. The van der Waals surface area contributed by atoms with E-state index >= 15 is 0 Å². The molecule has 4 N–H and O–H groups in total. The van der Waals surface area contributed by atoms with E-state index in [0.717, 1.165) is 13.0 Å². The average molecular weight is 266 g/mol. The molecule has 0 spiro atoms. The van der Waals surface area contributed by atoms with Crippen LogP contribution >= 0.6 is 0 Å². The summed E-state index contributed by atoms with van der Waals surface area (Å²) >= 11 is 0. The molecule has 0 radical (unpaired) electrons. The van der Waals surface area contributed by atoms with E-state index in [2.05, 4.69) is 25.4 Å². The summed E-state index contributed by atoms with van der Waals surface area (Å²) in [6, 6.07) is -0.191. The van der Waals surface area contributed by atoms with E-state index in [1.165, 1.54) is 25.9 Å². The Morgan fingerprint density at radius 3 is 2.89 bits per heavy atom. The fourth-order valence-electron chi connectivity index (χ4n) is 2.33. The van der Waals surface area contributed by atoms with E-state index < -0.39 is 0 Å². The molecule has 1 aliphatic heterocycles.